The molecule has 1 aliphatic heterocycles. The van der Waals surface area contributed by atoms with Crippen LogP contribution in [-0.4, -0.2) is 43.2 Å². The number of piperazine rings is 1. The smallest absolute Gasteiger partial charge is 0.123 e. The number of para-hydroxylation sites is 1. The Morgan fingerprint density at radius 1 is 1.19 bits per heavy atom. The lowest BCUT2D eigenvalue weighted by Gasteiger charge is -2.32. The Hall–Kier alpha value is -1.10. The number of hydrazine groups is 1. The summed E-state index contributed by atoms with van der Waals surface area (Å²) in [6.45, 7) is 4.87. The third-order valence-corrected chi connectivity index (χ3v) is 2.99. The zero-order valence-electron chi connectivity index (χ0n) is 9.72. The maximum absolute atomic E-state index is 5.73. The van der Waals surface area contributed by atoms with Crippen molar-refractivity contribution in [3.63, 3.8) is 0 Å². The molecule has 2 rings (SSSR count). The zero-order valence-corrected chi connectivity index (χ0v) is 9.72. The fourth-order valence-corrected chi connectivity index (χ4v) is 2.00. The second kappa shape index (κ2) is 5.30. The van der Waals surface area contributed by atoms with Gasteiger partial charge in [-0.05, 0) is 6.07 Å². The number of hydrogen-bond donors (Lipinski definition) is 1. The Balaban J connectivity index is 1.98. The van der Waals surface area contributed by atoms with Crippen molar-refractivity contribution >= 4 is 0 Å². The van der Waals surface area contributed by atoms with E-state index in [9.17, 15) is 0 Å². The van der Waals surface area contributed by atoms with Crippen LogP contribution in [0, 0.1) is 0 Å². The van der Waals surface area contributed by atoms with Gasteiger partial charge in [-0.25, -0.2) is 5.01 Å². The van der Waals surface area contributed by atoms with Crippen molar-refractivity contribution in [1.29, 1.82) is 0 Å². The summed E-state index contributed by atoms with van der Waals surface area (Å²) in [5.41, 5.74) is 1.25. The van der Waals surface area contributed by atoms with Gasteiger partial charge in [0.25, 0.3) is 0 Å². The molecule has 0 spiro atoms. The largest absolute Gasteiger partial charge is 0.496 e. The Morgan fingerprint density at radius 3 is 2.56 bits per heavy atom. The van der Waals surface area contributed by atoms with Gasteiger partial charge in [0.15, 0.2) is 0 Å². The second-order valence-electron chi connectivity index (χ2n) is 4.12. The molecule has 0 bridgehead atoms. The quantitative estimate of drug-likeness (QED) is 0.762. The molecule has 1 fully saturated rings. The molecular weight excluding hydrogens is 202 g/mol. The van der Waals surface area contributed by atoms with E-state index in [0.717, 1.165) is 38.5 Å². The van der Waals surface area contributed by atoms with Crippen LogP contribution in [-0.2, 0) is 6.54 Å². The highest BCUT2D eigenvalue weighted by atomic mass is 16.5. The summed E-state index contributed by atoms with van der Waals surface area (Å²) in [5.74, 6) is 6.70. The Kier molecular flexibility index (Phi) is 3.77. The van der Waals surface area contributed by atoms with Crippen molar-refractivity contribution in [2.75, 3.05) is 33.3 Å². The van der Waals surface area contributed by atoms with Gasteiger partial charge >= 0.3 is 0 Å². The van der Waals surface area contributed by atoms with Gasteiger partial charge in [-0.3, -0.25) is 10.7 Å². The average molecular weight is 221 g/mol. The monoisotopic (exact) mass is 221 g/mol. The summed E-state index contributed by atoms with van der Waals surface area (Å²) in [4.78, 5) is 2.40. The van der Waals surface area contributed by atoms with E-state index in [0.29, 0.717) is 0 Å². The van der Waals surface area contributed by atoms with Crippen LogP contribution in [0.25, 0.3) is 0 Å². The summed E-state index contributed by atoms with van der Waals surface area (Å²) < 4.78 is 5.35. The molecule has 4 heteroatoms. The van der Waals surface area contributed by atoms with Crippen LogP contribution in [0.2, 0.25) is 0 Å². The van der Waals surface area contributed by atoms with E-state index in [1.807, 2.05) is 17.1 Å². The van der Waals surface area contributed by atoms with Crippen LogP contribution in [0.1, 0.15) is 5.56 Å². The van der Waals surface area contributed by atoms with Crippen molar-refractivity contribution in [3.8, 4) is 5.75 Å². The first-order valence-electron chi connectivity index (χ1n) is 5.63. The molecule has 1 heterocycles. The molecular formula is C12H19N3O. The standard InChI is InChI=1S/C12H19N3O/c1-16-12-5-3-2-4-11(12)10-14-6-8-15(13)9-7-14/h2-5H,6-10,13H2,1H3. The predicted molar refractivity (Wildman–Crippen MR) is 64.0 cm³/mol. The van der Waals surface area contributed by atoms with E-state index in [1.54, 1.807) is 7.11 Å². The number of benzene rings is 1. The minimum absolute atomic E-state index is 0.940. The van der Waals surface area contributed by atoms with Crippen LogP contribution in [0.5, 0.6) is 5.75 Å². The lowest BCUT2D eigenvalue weighted by molar-refractivity contribution is 0.127. The Bertz CT molecular complexity index is 335. The SMILES string of the molecule is COc1ccccc1CN1CCN(N)CC1. The molecule has 16 heavy (non-hydrogen) atoms. The lowest BCUT2D eigenvalue weighted by atomic mass is 10.2. The van der Waals surface area contributed by atoms with Crippen LogP contribution in [0.3, 0.4) is 0 Å². The zero-order chi connectivity index (χ0) is 11.4. The van der Waals surface area contributed by atoms with Crippen LogP contribution in [0.15, 0.2) is 24.3 Å². The first-order chi connectivity index (χ1) is 7.79. The molecule has 1 aromatic rings. The normalized spacial score (nSPS) is 18.6. The number of rotatable bonds is 3. The van der Waals surface area contributed by atoms with E-state index >= 15 is 0 Å². The first-order valence-corrected chi connectivity index (χ1v) is 5.63. The summed E-state index contributed by atoms with van der Waals surface area (Å²) in [6, 6.07) is 8.18. The van der Waals surface area contributed by atoms with Gasteiger partial charge in [0, 0.05) is 38.3 Å². The second-order valence-corrected chi connectivity index (χ2v) is 4.12. The predicted octanol–water partition coefficient (Wildman–Crippen LogP) is 0.686. The van der Waals surface area contributed by atoms with Crippen molar-refractivity contribution in [3.05, 3.63) is 29.8 Å². The average Bonchev–Trinajstić information content (AvgIpc) is 2.33. The summed E-state index contributed by atoms with van der Waals surface area (Å²) in [7, 11) is 1.72. The number of nitrogens with zero attached hydrogens (tertiary/aromatic N) is 2. The van der Waals surface area contributed by atoms with Gasteiger partial charge in [0.1, 0.15) is 5.75 Å². The fourth-order valence-electron chi connectivity index (χ4n) is 2.00. The molecule has 88 valence electrons. The van der Waals surface area contributed by atoms with Crippen molar-refractivity contribution in [2.45, 2.75) is 6.54 Å². The van der Waals surface area contributed by atoms with Crippen LogP contribution >= 0.6 is 0 Å². The van der Waals surface area contributed by atoms with Crippen LogP contribution < -0.4 is 10.6 Å². The van der Waals surface area contributed by atoms with E-state index in [-0.39, 0.29) is 0 Å². The van der Waals surface area contributed by atoms with E-state index < -0.39 is 0 Å². The lowest BCUT2D eigenvalue weighted by Crippen LogP contribution is -2.48. The third kappa shape index (κ3) is 2.72. The highest BCUT2D eigenvalue weighted by molar-refractivity contribution is 5.33. The molecule has 1 aromatic carbocycles. The maximum atomic E-state index is 5.73. The molecule has 2 N–H and O–H groups in total. The van der Waals surface area contributed by atoms with Gasteiger partial charge in [0.05, 0.1) is 7.11 Å². The van der Waals surface area contributed by atoms with E-state index in [2.05, 4.69) is 17.0 Å². The molecule has 0 aliphatic carbocycles. The minimum Gasteiger partial charge on any atom is -0.496 e. The highest BCUT2D eigenvalue weighted by Crippen LogP contribution is 2.19. The number of methoxy groups -OCH3 is 1. The third-order valence-electron chi connectivity index (χ3n) is 2.99. The molecule has 1 aliphatic rings. The molecule has 1 saturated heterocycles. The van der Waals surface area contributed by atoms with Gasteiger partial charge in [-0.2, -0.15) is 0 Å². The van der Waals surface area contributed by atoms with Gasteiger partial charge in [-0.15, -0.1) is 0 Å². The minimum atomic E-state index is 0.940. The number of nitrogens with two attached hydrogens (primary N) is 1. The highest BCUT2D eigenvalue weighted by Gasteiger charge is 2.15. The molecule has 0 atom stereocenters. The maximum Gasteiger partial charge on any atom is 0.123 e. The van der Waals surface area contributed by atoms with Crippen LogP contribution in [0.4, 0.5) is 0 Å². The van der Waals surface area contributed by atoms with Gasteiger partial charge < -0.3 is 4.74 Å². The van der Waals surface area contributed by atoms with E-state index in [1.165, 1.54) is 5.56 Å². The molecule has 0 amide bonds. The van der Waals surface area contributed by atoms with Gasteiger partial charge in [-0.1, -0.05) is 18.2 Å². The molecule has 0 unspecified atom stereocenters. The fraction of sp³-hybridized carbons (Fsp3) is 0.500. The van der Waals surface area contributed by atoms with Crippen molar-refractivity contribution < 1.29 is 4.74 Å². The summed E-state index contributed by atoms with van der Waals surface area (Å²) in [5, 5.41) is 1.87. The molecule has 4 nitrogen and oxygen atoms in total. The molecule has 0 aromatic heterocycles. The van der Waals surface area contributed by atoms with Crippen molar-refractivity contribution in [1.82, 2.24) is 9.91 Å². The Morgan fingerprint density at radius 2 is 1.88 bits per heavy atom. The number of ether oxygens (including phenoxy) is 1. The molecule has 0 saturated carbocycles. The van der Waals surface area contributed by atoms with Crippen molar-refractivity contribution in [2.24, 2.45) is 5.84 Å². The first kappa shape index (κ1) is 11.4. The summed E-state index contributed by atoms with van der Waals surface area (Å²) >= 11 is 0. The van der Waals surface area contributed by atoms with Gasteiger partial charge in [0.2, 0.25) is 0 Å². The summed E-state index contributed by atoms with van der Waals surface area (Å²) in [6.07, 6.45) is 0. The van der Waals surface area contributed by atoms with E-state index in [4.69, 9.17) is 10.6 Å². The number of hydrogen-bond acceptors (Lipinski definition) is 4. The Labute approximate surface area is 96.6 Å². The molecule has 0 radical (unpaired) electrons. The topological polar surface area (TPSA) is 41.7 Å².